The van der Waals surface area contributed by atoms with Crippen LogP contribution in [0, 0.1) is 0 Å². The van der Waals surface area contributed by atoms with E-state index in [4.69, 9.17) is 0 Å². The Labute approximate surface area is 315 Å². The van der Waals surface area contributed by atoms with Gasteiger partial charge in [0.15, 0.2) is 0 Å². The zero-order valence-electron chi connectivity index (χ0n) is 28.7. The second-order valence-corrected chi connectivity index (χ2v) is 15.8. The molecular formula is C50H31NS2. The summed E-state index contributed by atoms with van der Waals surface area (Å²) in [5, 5.41) is 10.2. The standard InChI is InChI=1S/C50H31NS2/c1-2-18-37-34(13-1)31-46(41-20-4-3-19-40(37)41)51(35-16-9-14-32(29-35)38-23-11-25-44-42-21-5-7-27-47(42)52-49(38)44)36-17-10-15-33(30-36)39-24-12-26-45-43-22-6-8-28-48(43)53-50(39)45/h1-31H. The molecule has 0 bridgehead atoms. The van der Waals surface area contributed by atoms with Crippen molar-refractivity contribution in [1.82, 2.24) is 0 Å². The molecule has 11 rings (SSSR count). The third-order valence-electron chi connectivity index (χ3n) is 10.6. The SMILES string of the molecule is c1cc(-c2cccc3c2sc2ccccc23)cc(N(c2cccc(-c3cccc4c3sc3ccccc34)c2)c2cc3ccccc3c3ccccc23)c1. The molecule has 0 unspecified atom stereocenters. The van der Waals surface area contributed by atoms with Gasteiger partial charge in [0.2, 0.25) is 0 Å². The summed E-state index contributed by atoms with van der Waals surface area (Å²) in [5.74, 6) is 0. The summed E-state index contributed by atoms with van der Waals surface area (Å²) in [5.41, 5.74) is 8.35. The van der Waals surface area contributed by atoms with Gasteiger partial charge in [-0.15, -0.1) is 22.7 Å². The first-order valence-corrected chi connectivity index (χ1v) is 19.6. The van der Waals surface area contributed by atoms with Crippen molar-refractivity contribution >= 4 is 102 Å². The van der Waals surface area contributed by atoms with Gasteiger partial charge < -0.3 is 4.90 Å². The lowest BCUT2D eigenvalue weighted by Gasteiger charge is -2.28. The summed E-state index contributed by atoms with van der Waals surface area (Å²) in [6.07, 6.45) is 0. The molecule has 0 fully saturated rings. The van der Waals surface area contributed by atoms with Crippen LogP contribution in [0.1, 0.15) is 0 Å². The highest BCUT2D eigenvalue weighted by molar-refractivity contribution is 7.26. The van der Waals surface area contributed by atoms with Gasteiger partial charge in [0, 0.05) is 57.1 Å². The van der Waals surface area contributed by atoms with E-state index in [9.17, 15) is 0 Å². The molecule has 2 aromatic heterocycles. The van der Waals surface area contributed by atoms with Crippen LogP contribution in [-0.4, -0.2) is 0 Å². The highest BCUT2D eigenvalue weighted by Gasteiger charge is 2.20. The fourth-order valence-corrected chi connectivity index (χ4v) is 10.7. The summed E-state index contributed by atoms with van der Waals surface area (Å²) in [6.45, 7) is 0. The monoisotopic (exact) mass is 709 g/mol. The van der Waals surface area contributed by atoms with Crippen molar-refractivity contribution in [3.63, 3.8) is 0 Å². The number of nitrogens with zero attached hydrogens (tertiary/aromatic N) is 1. The summed E-state index contributed by atoms with van der Waals surface area (Å²) < 4.78 is 5.29. The molecule has 11 aromatic rings. The van der Waals surface area contributed by atoms with Gasteiger partial charge in [-0.1, -0.05) is 146 Å². The van der Waals surface area contributed by atoms with E-state index in [1.807, 2.05) is 22.7 Å². The molecule has 248 valence electrons. The molecule has 53 heavy (non-hydrogen) atoms. The summed E-state index contributed by atoms with van der Waals surface area (Å²) in [7, 11) is 0. The van der Waals surface area contributed by atoms with Crippen LogP contribution in [0.5, 0.6) is 0 Å². The molecule has 0 saturated heterocycles. The Kier molecular flexibility index (Phi) is 6.97. The molecular weight excluding hydrogens is 679 g/mol. The highest BCUT2D eigenvalue weighted by Crippen LogP contribution is 2.46. The minimum atomic E-state index is 1.12. The van der Waals surface area contributed by atoms with E-state index in [1.54, 1.807) is 0 Å². The van der Waals surface area contributed by atoms with Crippen molar-refractivity contribution in [3.05, 3.63) is 188 Å². The molecule has 0 spiro atoms. The molecule has 9 aromatic carbocycles. The van der Waals surface area contributed by atoms with Crippen molar-refractivity contribution < 1.29 is 0 Å². The Balaban J connectivity index is 1.15. The zero-order chi connectivity index (χ0) is 34.9. The summed E-state index contributed by atoms with van der Waals surface area (Å²) in [6, 6.07) is 69.2. The lowest BCUT2D eigenvalue weighted by Crippen LogP contribution is -2.11. The van der Waals surface area contributed by atoms with Crippen LogP contribution in [0.25, 0.3) is 84.1 Å². The Morgan fingerprint density at radius 3 is 1.36 bits per heavy atom. The number of benzene rings is 9. The minimum absolute atomic E-state index is 1.12. The van der Waals surface area contributed by atoms with Gasteiger partial charge in [-0.2, -0.15) is 0 Å². The average molecular weight is 710 g/mol. The third-order valence-corrected chi connectivity index (χ3v) is 13.1. The zero-order valence-corrected chi connectivity index (χ0v) is 30.3. The molecule has 2 heterocycles. The lowest BCUT2D eigenvalue weighted by atomic mass is 9.97. The topological polar surface area (TPSA) is 3.24 Å². The molecule has 0 N–H and O–H groups in total. The van der Waals surface area contributed by atoms with Gasteiger partial charge in [-0.3, -0.25) is 0 Å². The molecule has 0 aliphatic heterocycles. The Bertz CT molecular complexity index is 3040. The van der Waals surface area contributed by atoms with Crippen molar-refractivity contribution in [2.24, 2.45) is 0 Å². The second kappa shape index (κ2) is 12.2. The van der Waals surface area contributed by atoms with E-state index in [1.165, 1.54) is 84.1 Å². The minimum Gasteiger partial charge on any atom is -0.310 e. The Hall–Kier alpha value is -6.26. The van der Waals surface area contributed by atoms with Crippen LogP contribution < -0.4 is 4.90 Å². The molecule has 0 atom stereocenters. The van der Waals surface area contributed by atoms with Crippen molar-refractivity contribution in [1.29, 1.82) is 0 Å². The van der Waals surface area contributed by atoms with Crippen LogP contribution in [0.4, 0.5) is 17.1 Å². The molecule has 3 heteroatoms. The van der Waals surface area contributed by atoms with Gasteiger partial charge in [0.1, 0.15) is 0 Å². The maximum Gasteiger partial charge on any atom is 0.0546 e. The normalized spacial score (nSPS) is 11.8. The number of anilines is 3. The van der Waals surface area contributed by atoms with Crippen LogP contribution in [0.2, 0.25) is 0 Å². The van der Waals surface area contributed by atoms with Crippen LogP contribution in [-0.2, 0) is 0 Å². The molecule has 0 radical (unpaired) electrons. The fraction of sp³-hybridized carbons (Fsp3) is 0. The highest BCUT2D eigenvalue weighted by atomic mass is 32.1. The number of fused-ring (bicyclic) bond motifs is 9. The summed E-state index contributed by atoms with van der Waals surface area (Å²) >= 11 is 3.77. The first kappa shape index (κ1) is 30.4. The number of rotatable bonds is 5. The first-order valence-electron chi connectivity index (χ1n) is 18.0. The predicted molar refractivity (Wildman–Crippen MR) is 233 cm³/mol. The largest absolute Gasteiger partial charge is 0.310 e. The smallest absolute Gasteiger partial charge is 0.0546 e. The van der Waals surface area contributed by atoms with E-state index >= 15 is 0 Å². The third kappa shape index (κ3) is 4.89. The molecule has 1 nitrogen and oxygen atoms in total. The van der Waals surface area contributed by atoms with Gasteiger partial charge in [-0.05, 0) is 80.9 Å². The molecule has 0 aliphatic carbocycles. The maximum absolute atomic E-state index is 2.47. The van der Waals surface area contributed by atoms with E-state index in [0.717, 1.165) is 17.1 Å². The summed E-state index contributed by atoms with van der Waals surface area (Å²) in [4.78, 5) is 2.47. The lowest BCUT2D eigenvalue weighted by molar-refractivity contribution is 1.30. The van der Waals surface area contributed by atoms with E-state index < -0.39 is 0 Å². The fourth-order valence-electron chi connectivity index (χ4n) is 8.22. The number of hydrogen-bond acceptors (Lipinski definition) is 3. The van der Waals surface area contributed by atoms with Crippen LogP contribution >= 0.6 is 22.7 Å². The van der Waals surface area contributed by atoms with E-state index in [-0.39, 0.29) is 0 Å². The number of hydrogen-bond donors (Lipinski definition) is 0. The Morgan fingerprint density at radius 1 is 0.321 bits per heavy atom. The van der Waals surface area contributed by atoms with Gasteiger partial charge >= 0.3 is 0 Å². The molecule has 0 aliphatic rings. The van der Waals surface area contributed by atoms with Crippen LogP contribution in [0.3, 0.4) is 0 Å². The van der Waals surface area contributed by atoms with Crippen molar-refractivity contribution in [2.75, 3.05) is 4.90 Å². The Morgan fingerprint density at radius 2 is 0.774 bits per heavy atom. The average Bonchev–Trinajstić information content (AvgIpc) is 3.80. The van der Waals surface area contributed by atoms with Crippen molar-refractivity contribution in [3.8, 4) is 22.3 Å². The maximum atomic E-state index is 2.47. The number of thiophene rings is 2. The van der Waals surface area contributed by atoms with Gasteiger partial charge in [-0.25, -0.2) is 0 Å². The second-order valence-electron chi connectivity index (χ2n) is 13.7. The van der Waals surface area contributed by atoms with Gasteiger partial charge in [0.25, 0.3) is 0 Å². The first-order chi connectivity index (χ1) is 26.3. The van der Waals surface area contributed by atoms with Crippen molar-refractivity contribution in [2.45, 2.75) is 0 Å². The van der Waals surface area contributed by atoms with E-state index in [2.05, 4.69) is 193 Å². The molecule has 0 amide bonds. The van der Waals surface area contributed by atoms with Gasteiger partial charge in [0.05, 0.1) is 5.69 Å². The predicted octanol–water partition coefficient (Wildman–Crippen LogP) is 15.5. The van der Waals surface area contributed by atoms with E-state index in [0.29, 0.717) is 0 Å². The quantitative estimate of drug-likeness (QED) is 0.161. The van der Waals surface area contributed by atoms with Crippen LogP contribution in [0.15, 0.2) is 188 Å². The molecule has 0 saturated carbocycles.